The fraction of sp³-hybridized carbons (Fsp3) is 0.438. The average Bonchev–Trinajstić information content (AvgIpc) is 3.24. The molecule has 1 saturated heterocycles. The van der Waals surface area contributed by atoms with E-state index in [4.69, 9.17) is 0 Å². The first-order chi connectivity index (χ1) is 18.8. The molecular formula is C32H43N5O. The van der Waals surface area contributed by atoms with Crippen LogP contribution in [0.25, 0.3) is 10.9 Å². The van der Waals surface area contributed by atoms with E-state index in [1.807, 2.05) is 44.5 Å². The van der Waals surface area contributed by atoms with E-state index in [0.717, 1.165) is 81.5 Å². The first-order valence-electron chi connectivity index (χ1n) is 14.4. The van der Waals surface area contributed by atoms with Crippen LogP contribution in [0.3, 0.4) is 0 Å². The van der Waals surface area contributed by atoms with E-state index in [1.54, 1.807) is 4.90 Å². The minimum Gasteiger partial charge on any atom is -0.315 e. The normalized spacial score (nSPS) is 16.8. The number of benzene rings is 2. The summed E-state index contributed by atoms with van der Waals surface area (Å²) in [6.45, 7) is 10.3. The standard InChI is InChI=1S/C30H37N5O.C2H6/c36-30-22-26(11-6-10-25-8-2-1-3-9-25)12-7-18-34(30)28-13-14-29-27(23-28)24-32-35(29)21-20-33-17-5-4-15-31-16-19-33;1-2/h1-3,7-9,13-14,18,22-24,31H,4-6,10-12,15-17,19-21H2;1-2H3. The molecule has 5 rings (SSSR count). The van der Waals surface area contributed by atoms with Gasteiger partial charge in [0, 0.05) is 43.0 Å². The summed E-state index contributed by atoms with van der Waals surface area (Å²) in [4.78, 5) is 17.4. The summed E-state index contributed by atoms with van der Waals surface area (Å²) in [5.74, 6) is 0.0240. The van der Waals surface area contributed by atoms with Gasteiger partial charge >= 0.3 is 0 Å². The smallest absolute Gasteiger partial charge is 0.254 e. The van der Waals surface area contributed by atoms with Crippen molar-refractivity contribution in [3.05, 3.63) is 84.2 Å². The van der Waals surface area contributed by atoms with Gasteiger partial charge in [-0.1, -0.05) is 55.8 Å². The van der Waals surface area contributed by atoms with Crippen LogP contribution in [-0.2, 0) is 17.8 Å². The molecule has 3 heterocycles. The second kappa shape index (κ2) is 14.6. The van der Waals surface area contributed by atoms with E-state index in [-0.39, 0.29) is 5.91 Å². The molecule has 6 heteroatoms. The largest absolute Gasteiger partial charge is 0.315 e. The van der Waals surface area contributed by atoms with Gasteiger partial charge in [0.15, 0.2) is 0 Å². The highest BCUT2D eigenvalue weighted by Crippen LogP contribution is 2.26. The van der Waals surface area contributed by atoms with Gasteiger partial charge in [0.05, 0.1) is 18.3 Å². The van der Waals surface area contributed by atoms with Crippen LogP contribution in [0.4, 0.5) is 5.69 Å². The molecule has 6 nitrogen and oxygen atoms in total. The Bertz CT molecular complexity index is 1210. The third-order valence-electron chi connectivity index (χ3n) is 7.22. The molecule has 2 aromatic carbocycles. The average molecular weight is 514 g/mol. The molecule has 0 radical (unpaired) electrons. The lowest BCUT2D eigenvalue weighted by Crippen LogP contribution is -2.37. The quantitative estimate of drug-likeness (QED) is 0.405. The predicted molar refractivity (Wildman–Crippen MR) is 158 cm³/mol. The molecule has 38 heavy (non-hydrogen) atoms. The lowest BCUT2D eigenvalue weighted by Gasteiger charge is -2.24. The number of nitrogens with zero attached hydrogens (tertiary/aromatic N) is 4. The van der Waals surface area contributed by atoms with Crippen LogP contribution >= 0.6 is 0 Å². The SMILES string of the molecule is CC.O=C1C=C(CCCc2ccccc2)CC=CN1c1ccc2c(cnn2CCN2CCCCNCC2)c1. The Labute approximate surface area is 228 Å². The van der Waals surface area contributed by atoms with Gasteiger partial charge in [-0.15, -0.1) is 0 Å². The summed E-state index contributed by atoms with van der Waals surface area (Å²) in [5, 5.41) is 9.22. The fourth-order valence-corrected chi connectivity index (χ4v) is 5.16. The van der Waals surface area contributed by atoms with Crippen molar-refractivity contribution >= 4 is 22.5 Å². The van der Waals surface area contributed by atoms with Crippen molar-refractivity contribution in [2.24, 2.45) is 0 Å². The predicted octanol–water partition coefficient (Wildman–Crippen LogP) is 5.95. The molecule has 0 aliphatic carbocycles. The van der Waals surface area contributed by atoms with E-state index in [9.17, 15) is 4.79 Å². The van der Waals surface area contributed by atoms with Gasteiger partial charge in [0.1, 0.15) is 0 Å². The second-order valence-electron chi connectivity index (χ2n) is 9.85. The Morgan fingerprint density at radius 1 is 0.947 bits per heavy atom. The maximum Gasteiger partial charge on any atom is 0.254 e. The van der Waals surface area contributed by atoms with Gasteiger partial charge < -0.3 is 10.2 Å². The number of fused-ring (bicyclic) bond motifs is 1. The molecule has 0 saturated carbocycles. The summed E-state index contributed by atoms with van der Waals surface area (Å²) >= 11 is 0. The number of allylic oxidation sites excluding steroid dienone is 2. The van der Waals surface area contributed by atoms with Crippen LogP contribution in [0.15, 0.2) is 78.7 Å². The summed E-state index contributed by atoms with van der Waals surface area (Å²) in [6, 6.07) is 16.8. The molecule has 0 unspecified atom stereocenters. The van der Waals surface area contributed by atoms with Crippen LogP contribution < -0.4 is 10.2 Å². The van der Waals surface area contributed by atoms with Crippen molar-refractivity contribution in [1.29, 1.82) is 0 Å². The van der Waals surface area contributed by atoms with Crippen molar-refractivity contribution < 1.29 is 4.79 Å². The molecule has 1 N–H and O–H groups in total. The van der Waals surface area contributed by atoms with Gasteiger partial charge in [-0.2, -0.15) is 5.10 Å². The van der Waals surface area contributed by atoms with Gasteiger partial charge in [-0.3, -0.25) is 14.4 Å². The van der Waals surface area contributed by atoms with Gasteiger partial charge in [0.2, 0.25) is 0 Å². The highest BCUT2D eigenvalue weighted by atomic mass is 16.2. The second-order valence-corrected chi connectivity index (χ2v) is 9.85. The molecule has 2 aliphatic heterocycles. The number of amides is 1. The molecule has 0 atom stereocenters. The molecule has 1 amide bonds. The van der Waals surface area contributed by atoms with E-state index in [1.165, 1.54) is 24.0 Å². The molecular weight excluding hydrogens is 470 g/mol. The summed E-state index contributed by atoms with van der Waals surface area (Å²) in [5.41, 5.74) is 4.55. The highest BCUT2D eigenvalue weighted by molar-refractivity contribution is 6.04. The lowest BCUT2D eigenvalue weighted by atomic mass is 10.0. The number of carbonyl (C=O) groups excluding carboxylic acids is 1. The minimum absolute atomic E-state index is 0.0240. The minimum atomic E-state index is 0.0240. The Balaban J connectivity index is 0.00000164. The van der Waals surface area contributed by atoms with Crippen molar-refractivity contribution in [3.63, 3.8) is 0 Å². The number of carbonyl (C=O) groups is 1. The van der Waals surface area contributed by atoms with E-state index >= 15 is 0 Å². The first-order valence-corrected chi connectivity index (χ1v) is 14.4. The maximum atomic E-state index is 13.1. The monoisotopic (exact) mass is 513 g/mol. The zero-order chi connectivity index (χ0) is 26.6. The topological polar surface area (TPSA) is 53.4 Å². The van der Waals surface area contributed by atoms with Gasteiger partial charge in [-0.25, -0.2) is 0 Å². The molecule has 202 valence electrons. The van der Waals surface area contributed by atoms with Crippen molar-refractivity contribution in [3.8, 4) is 0 Å². The lowest BCUT2D eigenvalue weighted by molar-refractivity contribution is -0.113. The van der Waals surface area contributed by atoms with Gasteiger partial charge in [-0.05, 0) is 75.4 Å². The van der Waals surface area contributed by atoms with E-state index in [0.29, 0.717) is 0 Å². The van der Waals surface area contributed by atoms with Crippen LogP contribution in [0.5, 0.6) is 0 Å². The Morgan fingerprint density at radius 2 is 1.82 bits per heavy atom. The van der Waals surface area contributed by atoms with Crippen molar-refractivity contribution in [1.82, 2.24) is 20.0 Å². The van der Waals surface area contributed by atoms with Crippen molar-refractivity contribution in [2.75, 3.05) is 37.6 Å². The Morgan fingerprint density at radius 3 is 2.68 bits per heavy atom. The number of rotatable bonds is 8. The third kappa shape index (κ3) is 7.65. The van der Waals surface area contributed by atoms with Crippen molar-refractivity contribution in [2.45, 2.75) is 58.9 Å². The first kappa shape index (κ1) is 27.8. The van der Waals surface area contributed by atoms with Crippen LogP contribution in [-0.4, -0.2) is 53.3 Å². The summed E-state index contributed by atoms with van der Waals surface area (Å²) in [6.07, 6.45) is 14.1. The molecule has 1 fully saturated rings. The molecule has 3 aromatic rings. The zero-order valence-corrected chi connectivity index (χ0v) is 23.1. The van der Waals surface area contributed by atoms with Gasteiger partial charge in [0.25, 0.3) is 5.91 Å². The Hall–Kier alpha value is -3.22. The number of aromatic nitrogens is 2. The number of nitrogens with one attached hydrogen (secondary N) is 1. The van der Waals surface area contributed by atoms with Crippen LogP contribution in [0, 0.1) is 0 Å². The summed E-state index contributed by atoms with van der Waals surface area (Å²) < 4.78 is 2.09. The van der Waals surface area contributed by atoms with Crippen LogP contribution in [0.2, 0.25) is 0 Å². The maximum absolute atomic E-state index is 13.1. The number of hydrogen-bond acceptors (Lipinski definition) is 4. The summed E-state index contributed by atoms with van der Waals surface area (Å²) in [7, 11) is 0. The number of hydrogen-bond donors (Lipinski definition) is 1. The molecule has 0 spiro atoms. The molecule has 2 aliphatic rings. The fourth-order valence-electron chi connectivity index (χ4n) is 5.16. The third-order valence-corrected chi connectivity index (χ3v) is 7.22. The molecule has 0 bridgehead atoms. The Kier molecular flexibility index (Phi) is 10.7. The van der Waals surface area contributed by atoms with E-state index in [2.05, 4.69) is 62.5 Å². The van der Waals surface area contributed by atoms with Crippen LogP contribution in [0.1, 0.15) is 51.5 Å². The molecule has 1 aromatic heterocycles. The number of anilines is 1. The highest BCUT2D eigenvalue weighted by Gasteiger charge is 2.16. The van der Waals surface area contributed by atoms with E-state index < -0.39 is 0 Å². The number of aryl methyl sites for hydroxylation is 1. The zero-order valence-electron chi connectivity index (χ0n) is 23.1.